The predicted octanol–water partition coefficient (Wildman–Crippen LogP) is 4.51. The van der Waals surface area contributed by atoms with E-state index in [9.17, 15) is 18.0 Å². The average molecular weight is 472 g/mol. The largest absolute Gasteiger partial charge is 0.417 e. The van der Waals surface area contributed by atoms with Gasteiger partial charge < -0.3 is 14.5 Å². The summed E-state index contributed by atoms with van der Waals surface area (Å²) in [6.07, 6.45) is -3.53. The van der Waals surface area contributed by atoms with Crippen molar-refractivity contribution in [3.8, 4) is 6.07 Å². The van der Waals surface area contributed by atoms with Crippen LogP contribution in [0.5, 0.6) is 0 Å². The standard InChI is InChI=1S/C26H28F3N3O2/c1-2-34-18-25-10-11-31(24(33)12-19-6-4-3-5-7-19)15-21(25)16-32(17-25)22-9-8-20(14-30)23(13-22)26(27,28)29/h3-9,13,21H,2,10-12,15-18H2,1H3/t21-,25+/m1/s1. The van der Waals surface area contributed by atoms with Crippen molar-refractivity contribution in [1.82, 2.24) is 4.90 Å². The minimum Gasteiger partial charge on any atom is -0.381 e. The fraction of sp³-hybridized carbons (Fsp3) is 0.462. The Morgan fingerprint density at radius 3 is 2.65 bits per heavy atom. The van der Waals surface area contributed by atoms with E-state index in [1.54, 1.807) is 12.1 Å². The average Bonchev–Trinajstić information content (AvgIpc) is 3.21. The van der Waals surface area contributed by atoms with E-state index < -0.39 is 11.7 Å². The number of carbonyl (C=O) groups is 1. The van der Waals surface area contributed by atoms with Crippen LogP contribution in [0.2, 0.25) is 0 Å². The molecule has 2 fully saturated rings. The van der Waals surface area contributed by atoms with Gasteiger partial charge in [0.15, 0.2) is 0 Å². The molecule has 2 atom stereocenters. The Morgan fingerprint density at radius 1 is 1.21 bits per heavy atom. The number of hydrogen-bond donors (Lipinski definition) is 0. The number of carbonyl (C=O) groups excluding carboxylic acids is 1. The van der Waals surface area contributed by atoms with E-state index in [-0.39, 0.29) is 22.8 Å². The van der Waals surface area contributed by atoms with Gasteiger partial charge in [0.1, 0.15) is 0 Å². The van der Waals surface area contributed by atoms with Gasteiger partial charge in [0.2, 0.25) is 5.91 Å². The fourth-order valence-electron chi connectivity index (χ4n) is 5.19. The monoisotopic (exact) mass is 471 g/mol. The lowest BCUT2D eigenvalue weighted by molar-refractivity contribution is -0.138. The van der Waals surface area contributed by atoms with Crippen LogP contribution in [-0.2, 0) is 22.1 Å². The summed E-state index contributed by atoms with van der Waals surface area (Å²) in [5.41, 5.74) is -0.121. The van der Waals surface area contributed by atoms with E-state index in [2.05, 4.69) is 0 Å². The smallest absolute Gasteiger partial charge is 0.381 e. The van der Waals surface area contributed by atoms with Gasteiger partial charge in [-0.15, -0.1) is 0 Å². The van der Waals surface area contributed by atoms with Gasteiger partial charge in [-0.1, -0.05) is 30.3 Å². The molecule has 5 nitrogen and oxygen atoms in total. The van der Waals surface area contributed by atoms with Gasteiger partial charge in [0.25, 0.3) is 0 Å². The molecule has 2 aromatic rings. The highest BCUT2D eigenvalue weighted by molar-refractivity contribution is 5.79. The molecule has 2 aliphatic heterocycles. The summed E-state index contributed by atoms with van der Waals surface area (Å²) in [6.45, 7) is 5.23. The lowest BCUT2D eigenvalue weighted by Gasteiger charge is -2.43. The first kappa shape index (κ1) is 24.1. The van der Waals surface area contributed by atoms with Crippen LogP contribution < -0.4 is 4.90 Å². The molecular weight excluding hydrogens is 443 g/mol. The summed E-state index contributed by atoms with van der Waals surface area (Å²) in [5, 5.41) is 9.11. The molecular formula is C26H28F3N3O2. The number of halogens is 3. The maximum atomic E-state index is 13.5. The second kappa shape index (κ2) is 9.67. The van der Waals surface area contributed by atoms with Gasteiger partial charge in [-0.05, 0) is 37.1 Å². The van der Waals surface area contributed by atoms with E-state index in [1.165, 1.54) is 6.07 Å². The molecule has 8 heteroatoms. The van der Waals surface area contributed by atoms with E-state index in [0.717, 1.165) is 18.1 Å². The first-order chi connectivity index (χ1) is 16.3. The Bertz CT molecular complexity index is 1070. The Balaban J connectivity index is 1.55. The SMILES string of the molecule is CCOC[C@@]12CCN(C(=O)Cc3ccccc3)C[C@@H]1CN(c1ccc(C#N)c(C(F)(F)F)c1)C2. The van der Waals surface area contributed by atoms with Crippen molar-refractivity contribution in [2.75, 3.05) is 44.3 Å². The molecule has 0 bridgehead atoms. The number of rotatable bonds is 6. The molecule has 0 spiro atoms. The molecule has 1 amide bonds. The Morgan fingerprint density at radius 2 is 1.97 bits per heavy atom. The van der Waals surface area contributed by atoms with Crippen LogP contribution in [0.15, 0.2) is 48.5 Å². The summed E-state index contributed by atoms with van der Waals surface area (Å²) in [5.74, 6) is 0.143. The lowest BCUT2D eigenvalue weighted by atomic mass is 9.73. The quantitative estimate of drug-likeness (QED) is 0.622. The number of ether oxygens (including phenoxy) is 1. The zero-order valence-corrected chi connectivity index (χ0v) is 19.1. The molecule has 180 valence electrons. The van der Waals surface area contributed by atoms with Crippen LogP contribution in [0.25, 0.3) is 0 Å². The van der Waals surface area contributed by atoms with Crippen molar-refractivity contribution in [2.24, 2.45) is 11.3 Å². The van der Waals surface area contributed by atoms with Crippen molar-refractivity contribution in [3.05, 3.63) is 65.2 Å². The first-order valence-corrected chi connectivity index (χ1v) is 11.5. The molecule has 2 aliphatic rings. The maximum Gasteiger partial charge on any atom is 0.417 e. The number of amides is 1. The lowest BCUT2D eigenvalue weighted by Crippen LogP contribution is -2.51. The van der Waals surface area contributed by atoms with Gasteiger partial charge in [0.05, 0.1) is 30.2 Å². The van der Waals surface area contributed by atoms with E-state index >= 15 is 0 Å². The highest BCUT2D eigenvalue weighted by atomic mass is 19.4. The molecule has 0 N–H and O–H groups in total. The third-order valence-corrected chi connectivity index (χ3v) is 7.07. The van der Waals surface area contributed by atoms with Crippen LogP contribution in [0.3, 0.4) is 0 Å². The highest BCUT2D eigenvalue weighted by Gasteiger charge is 2.50. The number of anilines is 1. The van der Waals surface area contributed by atoms with Crippen LogP contribution >= 0.6 is 0 Å². The summed E-state index contributed by atoms with van der Waals surface area (Å²) in [7, 11) is 0. The number of nitrogens with zero attached hydrogens (tertiary/aromatic N) is 3. The number of hydrogen-bond acceptors (Lipinski definition) is 4. The number of likely N-dealkylation sites (tertiary alicyclic amines) is 1. The Hall–Kier alpha value is -3.05. The summed E-state index contributed by atoms with van der Waals surface area (Å²) in [6, 6.07) is 15.1. The van der Waals surface area contributed by atoms with Crippen molar-refractivity contribution < 1.29 is 22.7 Å². The molecule has 0 saturated carbocycles. The molecule has 0 aromatic heterocycles. The topological polar surface area (TPSA) is 56.6 Å². The van der Waals surface area contributed by atoms with Gasteiger partial charge >= 0.3 is 6.18 Å². The Kier molecular flexibility index (Phi) is 6.85. The van der Waals surface area contributed by atoms with Crippen molar-refractivity contribution >= 4 is 11.6 Å². The van der Waals surface area contributed by atoms with E-state index in [1.807, 2.05) is 47.1 Å². The van der Waals surface area contributed by atoms with E-state index in [4.69, 9.17) is 10.00 Å². The number of fused-ring (bicyclic) bond motifs is 1. The third kappa shape index (κ3) is 4.90. The van der Waals surface area contributed by atoms with Crippen LogP contribution in [0.4, 0.5) is 18.9 Å². The first-order valence-electron chi connectivity index (χ1n) is 11.5. The van der Waals surface area contributed by atoms with Gasteiger partial charge in [-0.25, -0.2) is 0 Å². The molecule has 0 aliphatic carbocycles. The molecule has 2 aromatic carbocycles. The second-order valence-corrected chi connectivity index (χ2v) is 9.17. The molecule has 0 radical (unpaired) electrons. The summed E-state index contributed by atoms with van der Waals surface area (Å²) < 4.78 is 46.4. The normalized spacial score (nSPS) is 22.4. The Labute approximate surface area is 197 Å². The van der Waals surface area contributed by atoms with Gasteiger partial charge in [-0.3, -0.25) is 4.79 Å². The van der Waals surface area contributed by atoms with Gasteiger partial charge in [0, 0.05) is 49.8 Å². The molecule has 2 heterocycles. The predicted molar refractivity (Wildman–Crippen MR) is 122 cm³/mol. The van der Waals surface area contributed by atoms with Crippen molar-refractivity contribution in [3.63, 3.8) is 0 Å². The molecule has 4 rings (SSSR count). The van der Waals surface area contributed by atoms with E-state index in [0.29, 0.717) is 51.5 Å². The minimum absolute atomic E-state index is 0.0624. The number of piperidine rings is 1. The minimum atomic E-state index is -4.60. The van der Waals surface area contributed by atoms with Crippen LogP contribution in [0.1, 0.15) is 30.0 Å². The number of alkyl halides is 3. The van der Waals surface area contributed by atoms with Crippen molar-refractivity contribution in [2.45, 2.75) is 25.9 Å². The molecule has 0 unspecified atom stereocenters. The zero-order valence-electron chi connectivity index (χ0n) is 19.1. The highest BCUT2D eigenvalue weighted by Crippen LogP contribution is 2.45. The summed E-state index contributed by atoms with van der Waals surface area (Å²) in [4.78, 5) is 16.8. The van der Waals surface area contributed by atoms with Gasteiger partial charge in [-0.2, -0.15) is 18.4 Å². The van der Waals surface area contributed by atoms with Crippen LogP contribution in [0, 0.1) is 22.7 Å². The fourth-order valence-corrected chi connectivity index (χ4v) is 5.19. The number of benzene rings is 2. The van der Waals surface area contributed by atoms with Crippen molar-refractivity contribution in [1.29, 1.82) is 5.26 Å². The number of nitriles is 1. The zero-order chi connectivity index (χ0) is 24.3. The van der Waals surface area contributed by atoms with Crippen LogP contribution in [-0.4, -0.2) is 50.2 Å². The molecule has 2 saturated heterocycles. The second-order valence-electron chi connectivity index (χ2n) is 9.17. The summed E-state index contributed by atoms with van der Waals surface area (Å²) >= 11 is 0. The maximum absolute atomic E-state index is 13.5. The third-order valence-electron chi connectivity index (χ3n) is 7.07. The molecule has 34 heavy (non-hydrogen) atoms.